The predicted octanol–water partition coefficient (Wildman–Crippen LogP) is 1.35. The molecule has 8 heteroatoms. The third kappa shape index (κ3) is 3.84. The van der Waals surface area contributed by atoms with Crippen LogP contribution >= 0.6 is 0 Å². The molecule has 0 bridgehead atoms. The number of hydrogen-bond donors (Lipinski definition) is 1. The molecule has 118 valence electrons. The van der Waals surface area contributed by atoms with E-state index in [-0.39, 0.29) is 34.7 Å². The monoisotopic (exact) mass is 317 g/mol. The van der Waals surface area contributed by atoms with Crippen LogP contribution in [0.5, 0.6) is 0 Å². The second-order valence-electron chi connectivity index (χ2n) is 5.33. The molecule has 1 saturated heterocycles. The Labute approximate surface area is 123 Å². The van der Waals surface area contributed by atoms with Crippen molar-refractivity contribution in [2.45, 2.75) is 56.8 Å². The quantitative estimate of drug-likeness (QED) is 0.843. The van der Waals surface area contributed by atoms with Crippen LogP contribution in [0.25, 0.3) is 0 Å². The van der Waals surface area contributed by atoms with E-state index in [1.165, 1.54) is 6.92 Å². The summed E-state index contributed by atoms with van der Waals surface area (Å²) in [5.41, 5.74) is 0. The van der Waals surface area contributed by atoms with Crippen LogP contribution in [-0.4, -0.2) is 32.7 Å². The average Bonchev–Trinajstić information content (AvgIpc) is 2.69. The molecular weight excluding hydrogens is 298 g/mol. The van der Waals surface area contributed by atoms with Crippen molar-refractivity contribution in [3.63, 3.8) is 0 Å². The number of rotatable bonds is 3. The first-order valence-electron chi connectivity index (χ1n) is 6.66. The maximum atomic E-state index is 12.0. The second kappa shape index (κ2) is 5.78. The van der Waals surface area contributed by atoms with Gasteiger partial charge in [0, 0.05) is 18.9 Å². The number of sulfonamides is 1. The van der Waals surface area contributed by atoms with Crippen LogP contribution in [0.2, 0.25) is 0 Å². The molecule has 2 unspecified atom stereocenters. The van der Waals surface area contributed by atoms with Crippen LogP contribution in [0.15, 0.2) is 15.4 Å². The van der Waals surface area contributed by atoms with Crippen molar-refractivity contribution in [1.82, 2.24) is 0 Å². The summed E-state index contributed by atoms with van der Waals surface area (Å²) in [5.74, 6) is -0.791. The highest BCUT2D eigenvalue weighted by molar-refractivity contribution is 7.89. The summed E-state index contributed by atoms with van der Waals surface area (Å²) < 4.78 is 38.7. The summed E-state index contributed by atoms with van der Waals surface area (Å²) >= 11 is 0. The largest absolute Gasteiger partial charge is 0.456 e. The minimum absolute atomic E-state index is 0.00451. The van der Waals surface area contributed by atoms with Crippen LogP contribution in [0, 0.1) is 6.92 Å². The fraction of sp³-hybridized carbons (Fsp3) is 0.615. The molecule has 2 rings (SSSR count). The third-order valence-corrected chi connectivity index (χ3v) is 4.33. The van der Waals surface area contributed by atoms with Crippen molar-refractivity contribution < 1.29 is 27.1 Å². The van der Waals surface area contributed by atoms with Crippen LogP contribution in [0.1, 0.15) is 43.0 Å². The lowest BCUT2D eigenvalue weighted by molar-refractivity contribution is -0.0862. The van der Waals surface area contributed by atoms with Gasteiger partial charge in [-0.05, 0) is 20.8 Å². The van der Waals surface area contributed by atoms with Crippen LogP contribution in [-0.2, 0) is 19.5 Å². The molecule has 7 nitrogen and oxygen atoms in total. The zero-order chi connectivity index (χ0) is 15.8. The van der Waals surface area contributed by atoms with E-state index in [1.807, 2.05) is 13.8 Å². The summed E-state index contributed by atoms with van der Waals surface area (Å²) in [7, 11) is -3.92. The highest BCUT2D eigenvalue weighted by Gasteiger charge is 2.29. The maximum absolute atomic E-state index is 12.0. The van der Waals surface area contributed by atoms with Crippen LogP contribution in [0.3, 0.4) is 0 Å². The number of ether oxygens (including phenoxy) is 2. The Morgan fingerprint density at radius 1 is 1.33 bits per heavy atom. The van der Waals surface area contributed by atoms with E-state index in [9.17, 15) is 13.2 Å². The number of aryl methyl sites for hydroxylation is 1. The molecule has 0 saturated carbocycles. The van der Waals surface area contributed by atoms with E-state index in [0.29, 0.717) is 12.8 Å². The molecule has 2 heterocycles. The average molecular weight is 317 g/mol. The van der Waals surface area contributed by atoms with Gasteiger partial charge in [-0.3, -0.25) is 0 Å². The Morgan fingerprint density at radius 2 is 1.90 bits per heavy atom. The summed E-state index contributed by atoms with van der Waals surface area (Å²) in [5, 5.41) is 5.04. The number of hydrogen-bond acceptors (Lipinski definition) is 6. The zero-order valence-corrected chi connectivity index (χ0v) is 13.0. The molecule has 1 aliphatic heterocycles. The molecule has 0 spiro atoms. The van der Waals surface area contributed by atoms with Gasteiger partial charge in [0.05, 0.1) is 12.2 Å². The van der Waals surface area contributed by atoms with E-state index >= 15 is 0 Å². The van der Waals surface area contributed by atoms with Gasteiger partial charge in [0.15, 0.2) is 0 Å². The fourth-order valence-electron chi connectivity index (χ4n) is 2.50. The van der Waals surface area contributed by atoms with Gasteiger partial charge in [0.25, 0.3) is 0 Å². The van der Waals surface area contributed by atoms with Crippen molar-refractivity contribution in [1.29, 1.82) is 0 Å². The van der Waals surface area contributed by atoms with E-state index in [1.54, 1.807) is 0 Å². The highest BCUT2D eigenvalue weighted by Crippen LogP contribution is 2.24. The molecule has 0 amide bonds. The number of carbonyl (C=O) groups excluding carboxylic acids is 1. The van der Waals surface area contributed by atoms with Crippen molar-refractivity contribution in [2.75, 3.05) is 0 Å². The zero-order valence-electron chi connectivity index (χ0n) is 12.2. The molecule has 2 N–H and O–H groups in total. The standard InChI is InChI=1S/C13H19NO6S/c1-7-4-10(5-8(2)18-7)20-13(15)11-6-12(9(3)19-11)21(14,16)17/h6-8,10H,4-5H2,1-3H3,(H2,14,16,17). The summed E-state index contributed by atoms with van der Waals surface area (Å²) in [6, 6.07) is 1.10. The summed E-state index contributed by atoms with van der Waals surface area (Å²) in [6.45, 7) is 5.24. The molecule has 0 aliphatic carbocycles. The van der Waals surface area contributed by atoms with Crippen molar-refractivity contribution in [3.8, 4) is 0 Å². The lowest BCUT2D eigenvalue weighted by Gasteiger charge is -2.31. The molecule has 1 aromatic rings. The van der Waals surface area contributed by atoms with Gasteiger partial charge in [-0.1, -0.05) is 0 Å². The van der Waals surface area contributed by atoms with E-state index in [4.69, 9.17) is 19.0 Å². The van der Waals surface area contributed by atoms with Crippen molar-refractivity contribution >= 4 is 16.0 Å². The van der Waals surface area contributed by atoms with Gasteiger partial charge in [-0.15, -0.1) is 0 Å². The minimum atomic E-state index is -3.92. The first-order chi connectivity index (χ1) is 9.66. The number of nitrogens with two attached hydrogens (primary N) is 1. The van der Waals surface area contributed by atoms with E-state index in [0.717, 1.165) is 6.07 Å². The first-order valence-corrected chi connectivity index (χ1v) is 8.21. The van der Waals surface area contributed by atoms with Crippen LogP contribution < -0.4 is 5.14 Å². The Hall–Kier alpha value is -1.38. The Bertz CT molecular complexity index is 625. The molecule has 0 aromatic carbocycles. The second-order valence-corrected chi connectivity index (χ2v) is 6.86. The number of esters is 1. The Balaban J connectivity index is 2.11. The van der Waals surface area contributed by atoms with Gasteiger partial charge < -0.3 is 13.9 Å². The molecule has 1 aliphatic rings. The molecule has 1 aromatic heterocycles. The summed E-state index contributed by atoms with van der Waals surface area (Å²) in [6.07, 6.45) is 0.921. The highest BCUT2D eigenvalue weighted by atomic mass is 32.2. The molecular formula is C13H19NO6S. The van der Waals surface area contributed by atoms with Crippen LogP contribution in [0.4, 0.5) is 0 Å². The predicted molar refractivity (Wildman–Crippen MR) is 73.3 cm³/mol. The van der Waals surface area contributed by atoms with Gasteiger partial charge in [-0.2, -0.15) is 0 Å². The number of carbonyl (C=O) groups is 1. The fourth-order valence-corrected chi connectivity index (χ4v) is 3.21. The Kier molecular flexibility index (Phi) is 4.40. The topological polar surface area (TPSA) is 109 Å². The summed E-state index contributed by atoms with van der Waals surface area (Å²) in [4.78, 5) is 11.8. The van der Waals surface area contributed by atoms with Gasteiger partial charge in [0.1, 0.15) is 16.8 Å². The van der Waals surface area contributed by atoms with Crippen molar-refractivity contribution in [3.05, 3.63) is 17.6 Å². The number of primary sulfonamides is 1. The molecule has 0 radical (unpaired) electrons. The minimum Gasteiger partial charge on any atom is -0.456 e. The van der Waals surface area contributed by atoms with E-state index < -0.39 is 16.0 Å². The normalized spacial score (nSPS) is 26.6. The molecule has 21 heavy (non-hydrogen) atoms. The van der Waals surface area contributed by atoms with E-state index in [2.05, 4.69) is 0 Å². The Morgan fingerprint density at radius 3 is 2.38 bits per heavy atom. The van der Waals surface area contributed by atoms with Gasteiger partial charge >= 0.3 is 5.97 Å². The third-order valence-electron chi connectivity index (χ3n) is 3.31. The first kappa shape index (κ1) is 16.0. The SMILES string of the molecule is Cc1oc(C(=O)OC2CC(C)OC(C)C2)cc1S(N)(=O)=O. The van der Waals surface area contributed by atoms with Crippen molar-refractivity contribution in [2.24, 2.45) is 5.14 Å². The molecule has 1 fully saturated rings. The molecule has 2 atom stereocenters. The lowest BCUT2D eigenvalue weighted by atomic mass is 10.0. The lowest BCUT2D eigenvalue weighted by Crippen LogP contribution is -2.35. The maximum Gasteiger partial charge on any atom is 0.374 e. The number of furan rings is 1. The van der Waals surface area contributed by atoms with Gasteiger partial charge in [0.2, 0.25) is 15.8 Å². The van der Waals surface area contributed by atoms with Gasteiger partial charge in [-0.25, -0.2) is 18.4 Å². The smallest absolute Gasteiger partial charge is 0.374 e.